The lowest BCUT2D eigenvalue weighted by molar-refractivity contribution is -0.137. The van der Waals surface area contributed by atoms with Crippen LogP contribution in [0.3, 0.4) is 0 Å². The Hall–Kier alpha value is -3.60. The lowest BCUT2D eigenvalue weighted by atomic mass is 9.77. The topological polar surface area (TPSA) is 50.4 Å². The molecule has 0 saturated carbocycles. The first-order valence-electron chi connectivity index (χ1n) is 11.5. The quantitative estimate of drug-likeness (QED) is 0.384. The van der Waals surface area contributed by atoms with Crippen LogP contribution in [-0.4, -0.2) is 31.5 Å². The summed E-state index contributed by atoms with van der Waals surface area (Å²) in [6, 6.07) is 12.1. The molecule has 0 spiro atoms. The standard InChI is InChI=1S/C27H23F7N2O2/c1-38-23-12-17(7-8-21(23)29)26(13-16-5-3-2-4-6-16,36-24(37)22-14-25(30,31)15-35-22)18-9-19(27(32,33)34)11-20(28)10-18/h2-12,22,35H,13-15H2,1H3,(H,36,37)/t22-,26+/m0/s1. The number of hydrogen-bond donors (Lipinski definition) is 2. The van der Waals surface area contributed by atoms with Gasteiger partial charge < -0.3 is 10.1 Å². The Bertz CT molecular complexity index is 1310. The van der Waals surface area contributed by atoms with Crippen LogP contribution in [0.1, 0.15) is 28.7 Å². The molecule has 4 nitrogen and oxygen atoms in total. The van der Waals surface area contributed by atoms with Crippen LogP contribution in [0.4, 0.5) is 30.7 Å². The molecule has 3 aromatic carbocycles. The molecule has 0 bridgehead atoms. The van der Waals surface area contributed by atoms with Crippen LogP contribution in [0, 0.1) is 11.6 Å². The lowest BCUT2D eigenvalue weighted by Gasteiger charge is -2.38. The smallest absolute Gasteiger partial charge is 0.416 e. The fraction of sp³-hybridized carbons (Fsp3) is 0.296. The molecule has 1 fully saturated rings. The van der Waals surface area contributed by atoms with Crippen LogP contribution >= 0.6 is 0 Å². The maximum absolute atomic E-state index is 14.7. The summed E-state index contributed by atoms with van der Waals surface area (Å²) in [5.41, 5.74) is -3.02. The molecular formula is C27H23F7N2O2. The van der Waals surface area contributed by atoms with E-state index in [9.17, 15) is 35.5 Å². The molecule has 0 unspecified atom stereocenters. The van der Waals surface area contributed by atoms with E-state index in [1.807, 2.05) is 0 Å². The molecule has 1 amide bonds. The number of hydrogen-bond acceptors (Lipinski definition) is 3. The molecule has 0 aliphatic carbocycles. The predicted molar refractivity (Wildman–Crippen MR) is 125 cm³/mol. The van der Waals surface area contributed by atoms with Gasteiger partial charge in [0.25, 0.3) is 5.92 Å². The van der Waals surface area contributed by atoms with Gasteiger partial charge in [-0.25, -0.2) is 17.6 Å². The van der Waals surface area contributed by atoms with Crippen molar-refractivity contribution in [2.75, 3.05) is 13.7 Å². The van der Waals surface area contributed by atoms with Crippen LogP contribution < -0.4 is 15.4 Å². The molecule has 1 heterocycles. The molecule has 0 radical (unpaired) electrons. The van der Waals surface area contributed by atoms with Crippen molar-refractivity contribution in [1.82, 2.24) is 10.6 Å². The number of alkyl halides is 5. The maximum atomic E-state index is 14.7. The SMILES string of the molecule is COc1cc([C@@](Cc2ccccc2)(NC(=O)[C@@H]2CC(F)(F)CN2)c2cc(F)cc(C(F)(F)F)c2)ccc1F. The number of methoxy groups -OCH3 is 1. The van der Waals surface area contributed by atoms with E-state index in [0.29, 0.717) is 17.7 Å². The van der Waals surface area contributed by atoms with Crippen molar-refractivity contribution in [2.24, 2.45) is 0 Å². The third-order valence-electron chi connectivity index (χ3n) is 6.44. The van der Waals surface area contributed by atoms with Crippen LogP contribution in [0.15, 0.2) is 66.7 Å². The van der Waals surface area contributed by atoms with Crippen molar-refractivity contribution in [3.8, 4) is 5.75 Å². The first kappa shape index (κ1) is 27.4. The Morgan fingerprint density at radius 2 is 1.68 bits per heavy atom. The normalized spacial score (nSPS) is 18.6. The van der Waals surface area contributed by atoms with Crippen molar-refractivity contribution in [2.45, 2.75) is 36.5 Å². The molecule has 1 saturated heterocycles. The molecule has 4 rings (SSSR count). The van der Waals surface area contributed by atoms with E-state index < -0.39 is 59.8 Å². The molecule has 0 aromatic heterocycles. The number of carbonyl (C=O) groups excluding carboxylic acids is 1. The van der Waals surface area contributed by atoms with Crippen LogP contribution in [0.5, 0.6) is 5.75 Å². The summed E-state index contributed by atoms with van der Waals surface area (Å²) in [7, 11) is 1.17. The number of benzene rings is 3. The van der Waals surface area contributed by atoms with Crippen molar-refractivity contribution in [3.05, 3.63) is 101 Å². The largest absolute Gasteiger partial charge is 0.494 e. The summed E-state index contributed by atoms with van der Waals surface area (Å²) in [4.78, 5) is 13.3. The lowest BCUT2D eigenvalue weighted by Crippen LogP contribution is -2.53. The van der Waals surface area contributed by atoms with Gasteiger partial charge >= 0.3 is 6.18 Å². The minimum Gasteiger partial charge on any atom is -0.494 e. The Labute approximate surface area is 213 Å². The molecule has 1 aliphatic rings. The highest BCUT2D eigenvalue weighted by molar-refractivity contribution is 5.84. The first-order chi connectivity index (χ1) is 17.8. The van der Waals surface area contributed by atoms with Crippen molar-refractivity contribution in [1.29, 1.82) is 0 Å². The minimum atomic E-state index is -4.94. The fourth-order valence-corrected chi connectivity index (χ4v) is 4.58. The Kier molecular flexibility index (Phi) is 7.42. The Morgan fingerprint density at radius 3 is 2.29 bits per heavy atom. The molecule has 1 aliphatic heterocycles. The Balaban J connectivity index is 1.97. The summed E-state index contributed by atoms with van der Waals surface area (Å²) in [5, 5.41) is 5.04. The Morgan fingerprint density at radius 1 is 1.00 bits per heavy atom. The van der Waals surface area contributed by atoms with Crippen LogP contribution in [0.25, 0.3) is 0 Å². The number of nitrogens with one attached hydrogen (secondary N) is 2. The summed E-state index contributed by atoms with van der Waals surface area (Å²) in [6.45, 7) is -0.765. The fourth-order valence-electron chi connectivity index (χ4n) is 4.58. The highest BCUT2D eigenvalue weighted by atomic mass is 19.4. The molecule has 38 heavy (non-hydrogen) atoms. The third kappa shape index (κ3) is 5.77. The van der Waals surface area contributed by atoms with Gasteiger partial charge in [-0.2, -0.15) is 13.2 Å². The summed E-state index contributed by atoms with van der Waals surface area (Å²) in [5.74, 6) is -6.43. The zero-order chi connectivity index (χ0) is 27.7. The number of carbonyl (C=O) groups is 1. The maximum Gasteiger partial charge on any atom is 0.416 e. The van der Waals surface area contributed by atoms with Gasteiger partial charge in [0, 0.05) is 12.8 Å². The van der Waals surface area contributed by atoms with E-state index in [0.717, 1.165) is 12.1 Å². The van der Waals surface area contributed by atoms with Gasteiger partial charge in [-0.15, -0.1) is 0 Å². The second-order valence-corrected chi connectivity index (χ2v) is 9.13. The second kappa shape index (κ2) is 10.3. The van der Waals surface area contributed by atoms with Gasteiger partial charge in [-0.05, 0) is 47.0 Å². The number of halogens is 7. The summed E-state index contributed by atoms with van der Waals surface area (Å²) in [6.07, 6.45) is -6.00. The van der Waals surface area contributed by atoms with Crippen molar-refractivity contribution < 1.29 is 40.3 Å². The highest BCUT2D eigenvalue weighted by Gasteiger charge is 2.46. The average Bonchev–Trinajstić information content (AvgIpc) is 3.23. The van der Waals surface area contributed by atoms with E-state index in [2.05, 4.69) is 10.6 Å². The van der Waals surface area contributed by atoms with Gasteiger partial charge in [0.2, 0.25) is 5.91 Å². The zero-order valence-corrected chi connectivity index (χ0v) is 20.0. The second-order valence-electron chi connectivity index (χ2n) is 9.13. The van der Waals surface area contributed by atoms with E-state index >= 15 is 0 Å². The summed E-state index contributed by atoms with van der Waals surface area (Å²) >= 11 is 0. The zero-order valence-electron chi connectivity index (χ0n) is 20.0. The van der Waals surface area contributed by atoms with Crippen molar-refractivity contribution in [3.63, 3.8) is 0 Å². The van der Waals surface area contributed by atoms with E-state index in [-0.39, 0.29) is 23.3 Å². The van der Waals surface area contributed by atoms with Crippen LogP contribution in [0.2, 0.25) is 0 Å². The number of ether oxygens (including phenoxy) is 1. The first-order valence-corrected chi connectivity index (χ1v) is 11.5. The van der Waals surface area contributed by atoms with Gasteiger partial charge in [0.15, 0.2) is 11.6 Å². The van der Waals surface area contributed by atoms with E-state index in [1.54, 1.807) is 30.3 Å². The molecular weight excluding hydrogens is 517 g/mol. The molecule has 202 valence electrons. The van der Waals surface area contributed by atoms with E-state index in [1.165, 1.54) is 19.2 Å². The predicted octanol–water partition coefficient (Wildman–Crippen LogP) is 5.59. The van der Waals surface area contributed by atoms with Gasteiger partial charge in [-0.1, -0.05) is 36.4 Å². The average molecular weight is 540 g/mol. The molecule has 3 aromatic rings. The van der Waals surface area contributed by atoms with Crippen molar-refractivity contribution >= 4 is 5.91 Å². The van der Waals surface area contributed by atoms with Crippen LogP contribution in [-0.2, 0) is 22.9 Å². The number of amides is 1. The van der Waals surface area contributed by atoms with Gasteiger partial charge in [0.1, 0.15) is 5.82 Å². The molecule has 2 atom stereocenters. The minimum absolute atomic E-state index is 0.0523. The highest BCUT2D eigenvalue weighted by Crippen LogP contribution is 2.40. The molecule has 11 heteroatoms. The molecule has 2 N–H and O–H groups in total. The monoisotopic (exact) mass is 540 g/mol. The van der Waals surface area contributed by atoms with Gasteiger partial charge in [0.05, 0.1) is 30.8 Å². The summed E-state index contributed by atoms with van der Waals surface area (Å²) < 4.78 is 103. The third-order valence-corrected chi connectivity index (χ3v) is 6.44. The van der Waals surface area contributed by atoms with Gasteiger partial charge in [-0.3, -0.25) is 10.1 Å². The van der Waals surface area contributed by atoms with E-state index in [4.69, 9.17) is 4.74 Å². The number of rotatable bonds is 7.